The fourth-order valence-electron chi connectivity index (χ4n) is 2.49. The molecule has 118 valence electrons. The number of rotatable bonds is 4. The molecule has 0 aliphatic heterocycles. The lowest BCUT2D eigenvalue weighted by Crippen LogP contribution is -2.37. The Kier molecular flexibility index (Phi) is 3.82. The Morgan fingerprint density at radius 2 is 2.09 bits per heavy atom. The summed E-state index contributed by atoms with van der Waals surface area (Å²) < 4.78 is 15.5. The van der Waals surface area contributed by atoms with Gasteiger partial charge in [0.15, 0.2) is 5.65 Å². The molecule has 2 aromatic heterocycles. The van der Waals surface area contributed by atoms with Gasteiger partial charge in [0.05, 0.1) is 6.20 Å². The van der Waals surface area contributed by atoms with E-state index in [1.165, 1.54) is 16.8 Å². The maximum atomic E-state index is 14.0. The summed E-state index contributed by atoms with van der Waals surface area (Å²) in [7, 11) is 0. The molecule has 0 radical (unpaired) electrons. The molecule has 0 spiro atoms. The maximum absolute atomic E-state index is 14.0. The van der Waals surface area contributed by atoms with E-state index in [0.29, 0.717) is 23.3 Å². The number of carbonyl (C=O) groups is 1. The van der Waals surface area contributed by atoms with E-state index in [2.05, 4.69) is 15.4 Å². The Balaban J connectivity index is 1.77. The van der Waals surface area contributed by atoms with Crippen LogP contribution in [0.25, 0.3) is 5.65 Å². The predicted octanol–water partition coefficient (Wildman–Crippen LogP) is 2.58. The van der Waals surface area contributed by atoms with Crippen LogP contribution in [0.15, 0.2) is 48.9 Å². The number of carbonyl (C=O) groups excluding carboxylic acids is 1. The van der Waals surface area contributed by atoms with Gasteiger partial charge in [-0.15, -0.1) is 0 Å². The van der Waals surface area contributed by atoms with Gasteiger partial charge in [0.2, 0.25) is 0 Å². The van der Waals surface area contributed by atoms with Gasteiger partial charge in [0, 0.05) is 24.4 Å². The van der Waals surface area contributed by atoms with Crippen LogP contribution in [0.4, 0.5) is 4.39 Å². The van der Waals surface area contributed by atoms with Crippen LogP contribution in [0.2, 0.25) is 0 Å². The minimum atomic E-state index is -0.530. The molecule has 23 heavy (non-hydrogen) atoms. The Morgan fingerprint density at radius 1 is 1.30 bits per heavy atom. The quantitative estimate of drug-likeness (QED) is 0.805. The van der Waals surface area contributed by atoms with E-state index in [9.17, 15) is 9.18 Å². The second-order valence-electron chi connectivity index (χ2n) is 5.99. The Hall–Kier alpha value is -2.76. The average molecular weight is 312 g/mol. The summed E-state index contributed by atoms with van der Waals surface area (Å²) in [5.41, 5.74) is 0.930. The minimum Gasteiger partial charge on any atom is -0.351 e. The molecular weight excluding hydrogens is 295 g/mol. The molecule has 0 atom stereocenters. The Morgan fingerprint density at radius 3 is 2.87 bits per heavy atom. The molecule has 0 bridgehead atoms. The molecule has 3 rings (SSSR count). The van der Waals surface area contributed by atoms with Gasteiger partial charge in [-0.25, -0.2) is 13.9 Å². The number of amides is 1. The van der Waals surface area contributed by atoms with Crippen LogP contribution in [-0.2, 0) is 5.41 Å². The average Bonchev–Trinajstić information content (AvgIpc) is 2.97. The van der Waals surface area contributed by atoms with Crippen molar-refractivity contribution >= 4 is 11.6 Å². The van der Waals surface area contributed by atoms with Crippen LogP contribution in [0.5, 0.6) is 0 Å². The van der Waals surface area contributed by atoms with Crippen molar-refractivity contribution in [2.45, 2.75) is 19.3 Å². The highest BCUT2D eigenvalue weighted by Crippen LogP contribution is 2.25. The highest BCUT2D eigenvalue weighted by Gasteiger charge is 2.25. The van der Waals surface area contributed by atoms with Gasteiger partial charge in [-0.2, -0.15) is 5.10 Å². The molecule has 0 saturated carbocycles. The van der Waals surface area contributed by atoms with Crippen LogP contribution in [0.3, 0.4) is 0 Å². The molecule has 0 fully saturated rings. The number of aromatic nitrogens is 3. The Labute approximate surface area is 133 Å². The summed E-state index contributed by atoms with van der Waals surface area (Å²) in [6.45, 7) is 4.08. The monoisotopic (exact) mass is 312 g/mol. The van der Waals surface area contributed by atoms with Crippen molar-refractivity contribution in [2.75, 3.05) is 6.54 Å². The van der Waals surface area contributed by atoms with Crippen LogP contribution in [0.1, 0.15) is 29.8 Å². The molecule has 5 nitrogen and oxygen atoms in total. The van der Waals surface area contributed by atoms with Crippen molar-refractivity contribution in [3.8, 4) is 0 Å². The standard InChI is InChI=1S/C17H17FN4O/c1-17(2,13-6-3-4-7-14(13)18)11-20-16(23)12-10-21-22-9-5-8-19-15(12)22/h3-10H,11H2,1-2H3,(H,20,23). The third-order valence-electron chi connectivity index (χ3n) is 3.82. The van der Waals surface area contributed by atoms with E-state index in [1.54, 1.807) is 36.7 Å². The number of hydrogen-bond acceptors (Lipinski definition) is 3. The van der Waals surface area contributed by atoms with Crippen molar-refractivity contribution in [1.29, 1.82) is 0 Å². The number of hydrogen-bond donors (Lipinski definition) is 1. The smallest absolute Gasteiger partial charge is 0.256 e. The van der Waals surface area contributed by atoms with Crippen molar-refractivity contribution in [3.05, 3.63) is 65.9 Å². The summed E-state index contributed by atoms with van der Waals surface area (Å²) in [5.74, 6) is -0.549. The molecule has 3 aromatic rings. The first-order chi connectivity index (χ1) is 11.0. The van der Waals surface area contributed by atoms with Gasteiger partial charge in [-0.05, 0) is 17.7 Å². The van der Waals surface area contributed by atoms with Gasteiger partial charge in [-0.3, -0.25) is 4.79 Å². The molecule has 1 N–H and O–H groups in total. The molecule has 0 saturated heterocycles. The normalized spacial score (nSPS) is 11.6. The summed E-state index contributed by atoms with van der Waals surface area (Å²) in [5, 5.41) is 6.93. The number of fused-ring (bicyclic) bond motifs is 1. The summed E-state index contributed by atoms with van der Waals surface area (Å²) >= 11 is 0. The molecular formula is C17H17FN4O. The van der Waals surface area contributed by atoms with Crippen molar-refractivity contribution in [3.63, 3.8) is 0 Å². The van der Waals surface area contributed by atoms with Gasteiger partial charge >= 0.3 is 0 Å². The van der Waals surface area contributed by atoms with Crippen molar-refractivity contribution in [1.82, 2.24) is 19.9 Å². The van der Waals surface area contributed by atoms with Crippen LogP contribution in [0, 0.1) is 5.82 Å². The van der Waals surface area contributed by atoms with Crippen LogP contribution in [-0.4, -0.2) is 27.0 Å². The number of benzene rings is 1. The van der Waals surface area contributed by atoms with Gasteiger partial charge < -0.3 is 5.32 Å². The largest absolute Gasteiger partial charge is 0.351 e. The lowest BCUT2D eigenvalue weighted by Gasteiger charge is -2.26. The predicted molar refractivity (Wildman–Crippen MR) is 84.7 cm³/mol. The number of nitrogens with zero attached hydrogens (tertiary/aromatic N) is 3. The fourth-order valence-corrected chi connectivity index (χ4v) is 2.49. The molecule has 2 heterocycles. The highest BCUT2D eigenvalue weighted by molar-refractivity contribution is 5.99. The van der Waals surface area contributed by atoms with E-state index in [-0.39, 0.29) is 11.7 Å². The molecule has 1 aromatic carbocycles. The SMILES string of the molecule is CC(C)(CNC(=O)c1cnn2cccnc12)c1ccccc1F. The fraction of sp³-hybridized carbons (Fsp3) is 0.235. The number of halogens is 1. The summed E-state index contributed by atoms with van der Waals surface area (Å²) in [4.78, 5) is 16.5. The van der Waals surface area contributed by atoms with Gasteiger partial charge in [-0.1, -0.05) is 32.0 Å². The van der Waals surface area contributed by atoms with Crippen LogP contribution >= 0.6 is 0 Å². The van der Waals surface area contributed by atoms with Crippen LogP contribution < -0.4 is 5.32 Å². The van der Waals surface area contributed by atoms with Gasteiger partial charge in [0.25, 0.3) is 5.91 Å². The third kappa shape index (κ3) is 2.92. The third-order valence-corrected chi connectivity index (χ3v) is 3.82. The lowest BCUT2D eigenvalue weighted by atomic mass is 9.84. The first kappa shape index (κ1) is 15.1. The maximum Gasteiger partial charge on any atom is 0.256 e. The van der Waals surface area contributed by atoms with E-state index >= 15 is 0 Å². The molecule has 0 unspecified atom stereocenters. The van der Waals surface area contributed by atoms with Gasteiger partial charge in [0.1, 0.15) is 11.4 Å². The van der Waals surface area contributed by atoms with E-state index in [4.69, 9.17) is 0 Å². The molecule has 6 heteroatoms. The summed E-state index contributed by atoms with van der Waals surface area (Å²) in [6.07, 6.45) is 4.81. The zero-order valence-electron chi connectivity index (χ0n) is 13.0. The topological polar surface area (TPSA) is 59.3 Å². The second kappa shape index (κ2) is 5.79. The van der Waals surface area contributed by atoms with E-state index < -0.39 is 5.41 Å². The van der Waals surface area contributed by atoms with E-state index in [0.717, 1.165) is 0 Å². The Bertz CT molecular complexity index is 856. The zero-order chi connectivity index (χ0) is 16.4. The van der Waals surface area contributed by atoms with E-state index in [1.807, 2.05) is 13.8 Å². The second-order valence-corrected chi connectivity index (χ2v) is 5.99. The lowest BCUT2D eigenvalue weighted by molar-refractivity contribution is 0.0946. The molecule has 0 aliphatic carbocycles. The zero-order valence-corrected chi connectivity index (χ0v) is 13.0. The highest BCUT2D eigenvalue weighted by atomic mass is 19.1. The van der Waals surface area contributed by atoms with Crippen molar-refractivity contribution in [2.24, 2.45) is 0 Å². The molecule has 1 amide bonds. The van der Waals surface area contributed by atoms with Crippen molar-refractivity contribution < 1.29 is 9.18 Å². The first-order valence-electron chi connectivity index (χ1n) is 7.30. The summed E-state index contributed by atoms with van der Waals surface area (Å²) in [6, 6.07) is 8.34. The molecule has 0 aliphatic rings. The first-order valence-corrected chi connectivity index (χ1v) is 7.30. The number of nitrogens with one attached hydrogen (secondary N) is 1. The minimum absolute atomic E-state index is 0.274.